The Morgan fingerprint density at radius 2 is 2.07 bits per heavy atom. The zero-order chi connectivity index (χ0) is 11.4. The summed E-state index contributed by atoms with van der Waals surface area (Å²) in [6.45, 7) is 2.91. The molecule has 1 unspecified atom stereocenters. The Labute approximate surface area is 83.6 Å². The van der Waals surface area contributed by atoms with Gasteiger partial charge in [-0.3, -0.25) is 4.79 Å². The first-order valence-electron chi connectivity index (χ1n) is 3.98. The molecule has 0 aliphatic rings. The first kappa shape index (κ1) is 12.9. The number of hydrogen-bond acceptors (Lipinski definition) is 3. The van der Waals surface area contributed by atoms with Crippen molar-refractivity contribution in [1.82, 2.24) is 4.72 Å². The van der Waals surface area contributed by atoms with E-state index in [1.54, 1.807) is 0 Å². The van der Waals surface area contributed by atoms with Crippen LogP contribution in [0.1, 0.15) is 20.3 Å². The fourth-order valence-corrected chi connectivity index (χ4v) is 1.48. The van der Waals surface area contributed by atoms with Gasteiger partial charge in [-0.25, -0.2) is 8.42 Å². The second-order valence-corrected chi connectivity index (χ2v) is 5.28. The van der Waals surface area contributed by atoms with Gasteiger partial charge in [0.25, 0.3) is 0 Å². The van der Waals surface area contributed by atoms with Gasteiger partial charge in [0.2, 0.25) is 10.0 Å². The van der Waals surface area contributed by atoms with E-state index in [0.29, 0.717) is 0 Å². The molecule has 0 aromatic carbocycles. The van der Waals surface area contributed by atoms with Gasteiger partial charge in [0.05, 0.1) is 5.25 Å². The molecule has 0 amide bonds. The molecule has 1 atom stereocenters. The Bertz CT molecular complexity index is 339. The van der Waals surface area contributed by atoms with Gasteiger partial charge in [0.15, 0.2) is 0 Å². The number of hydrogen-bond donors (Lipinski definition) is 2. The van der Waals surface area contributed by atoms with Crippen molar-refractivity contribution in [3.63, 3.8) is 0 Å². The number of carboxylic acid groups (broad SMARTS) is 1. The van der Waals surface area contributed by atoms with Gasteiger partial charge in [-0.1, -0.05) is 0 Å². The highest BCUT2D eigenvalue weighted by atomic mass is 32.2. The molecule has 0 spiro atoms. The summed E-state index contributed by atoms with van der Waals surface area (Å²) in [6, 6.07) is -1.24. The van der Waals surface area contributed by atoms with Crippen molar-refractivity contribution in [1.29, 1.82) is 0 Å². The largest absolute Gasteiger partial charge is 0.480 e. The topological polar surface area (TPSA) is 83.5 Å². The average Bonchev–Trinajstić information content (AvgIpc) is 2.02. The third-order valence-electron chi connectivity index (χ3n) is 1.55. The number of sulfonamides is 1. The minimum atomic E-state index is -3.59. The maximum absolute atomic E-state index is 11.3. The molecule has 0 radical (unpaired) electrons. The van der Waals surface area contributed by atoms with Crippen LogP contribution in [0.25, 0.3) is 0 Å². The van der Waals surface area contributed by atoms with Crippen LogP contribution in [0.5, 0.6) is 0 Å². The fraction of sp³-hybridized carbons (Fsp3) is 0.625. The molecule has 0 aliphatic heterocycles. The predicted octanol–water partition coefficient (Wildman–Crippen LogP) is -0.209. The highest BCUT2D eigenvalue weighted by Gasteiger charge is 2.25. The molecule has 0 saturated heterocycles. The van der Waals surface area contributed by atoms with Gasteiger partial charge < -0.3 is 5.11 Å². The van der Waals surface area contributed by atoms with E-state index in [9.17, 15) is 13.2 Å². The van der Waals surface area contributed by atoms with Crippen LogP contribution in [0.2, 0.25) is 0 Å². The quantitative estimate of drug-likeness (QED) is 0.627. The smallest absolute Gasteiger partial charge is 0.322 e. The summed E-state index contributed by atoms with van der Waals surface area (Å²) in [5.41, 5.74) is 0. The van der Waals surface area contributed by atoms with E-state index in [1.807, 2.05) is 4.72 Å². The summed E-state index contributed by atoms with van der Waals surface area (Å²) in [5.74, 6) is 0.832. The van der Waals surface area contributed by atoms with Crippen molar-refractivity contribution in [3.05, 3.63) is 0 Å². The Balaban J connectivity index is 4.63. The molecule has 80 valence electrons. The molecule has 2 N–H and O–H groups in total. The molecule has 14 heavy (non-hydrogen) atoms. The minimum Gasteiger partial charge on any atom is -0.480 e. The molecule has 6 heteroatoms. The van der Waals surface area contributed by atoms with Crippen molar-refractivity contribution >= 4 is 16.0 Å². The highest BCUT2D eigenvalue weighted by Crippen LogP contribution is 2.00. The normalized spacial score (nSPS) is 13.6. The minimum absolute atomic E-state index is 0.165. The van der Waals surface area contributed by atoms with E-state index in [2.05, 4.69) is 5.92 Å². The lowest BCUT2D eigenvalue weighted by Gasteiger charge is -2.14. The third-order valence-corrected chi connectivity index (χ3v) is 3.40. The van der Waals surface area contributed by atoms with Crippen LogP contribution < -0.4 is 4.72 Å². The monoisotopic (exact) mass is 219 g/mol. The fourth-order valence-electron chi connectivity index (χ4n) is 0.632. The number of terminal acetylenes is 1. The van der Waals surface area contributed by atoms with Gasteiger partial charge in [0, 0.05) is 6.42 Å². The molecule has 5 nitrogen and oxygen atoms in total. The van der Waals surface area contributed by atoms with Gasteiger partial charge in [-0.2, -0.15) is 4.72 Å². The SMILES string of the molecule is C#CCC(NS(=O)(=O)C(C)C)C(=O)O. The van der Waals surface area contributed by atoms with Gasteiger partial charge >= 0.3 is 5.97 Å². The van der Waals surface area contributed by atoms with Crippen LogP contribution >= 0.6 is 0 Å². The second-order valence-electron chi connectivity index (χ2n) is 3.01. The van der Waals surface area contributed by atoms with E-state index in [0.717, 1.165) is 0 Å². The maximum Gasteiger partial charge on any atom is 0.322 e. The molecular formula is C8H13NO4S. The van der Waals surface area contributed by atoms with Crippen molar-refractivity contribution in [2.24, 2.45) is 0 Å². The summed E-state index contributed by atoms with van der Waals surface area (Å²) < 4.78 is 24.6. The van der Waals surface area contributed by atoms with E-state index >= 15 is 0 Å². The molecule has 0 aromatic rings. The van der Waals surface area contributed by atoms with Gasteiger partial charge in [0.1, 0.15) is 6.04 Å². The Kier molecular flexibility index (Phi) is 4.60. The molecule has 0 heterocycles. The average molecular weight is 219 g/mol. The Morgan fingerprint density at radius 3 is 2.36 bits per heavy atom. The van der Waals surface area contributed by atoms with Crippen LogP contribution in [0.3, 0.4) is 0 Å². The summed E-state index contributed by atoms with van der Waals surface area (Å²) in [6.07, 6.45) is 4.75. The number of carbonyl (C=O) groups is 1. The molecule has 0 aliphatic carbocycles. The van der Waals surface area contributed by atoms with E-state index in [4.69, 9.17) is 11.5 Å². The zero-order valence-corrected chi connectivity index (χ0v) is 8.84. The van der Waals surface area contributed by atoms with Crippen LogP contribution in [0, 0.1) is 12.3 Å². The Hall–Kier alpha value is -1.06. The van der Waals surface area contributed by atoms with Crippen LogP contribution in [0.15, 0.2) is 0 Å². The number of carboxylic acids is 1. The maximum atomic E-state index is 11.3. The highest BCUT2D eigenvalue weighted by molar-refractivity contribution is 7.90. The van der Waals surface area contributed by atoms with Crippen LogP contribution in [0.4, 0.5) is 0 Å². The molecule has 0 fully saturated rings. The van der Waals surface area contributed by atoms with Crippen LogP contribution in [-0.2, 0) is 14.8 Å². The van der Waals surface area contributed by atoms with Crippen molar-refractivity contribution in [2.75, 3.05) is 0 Å². The van der Waals surface area contributed by atoms with Crippen molar-refractivity contribution in [3.8, 4) is 12.3 Å². The van der Waals surface area contributed by atoms with E-state index < -0.39 is 27.3 Å². The lowest BCUT2D eigenvalue weighted by molar-refractivity contribution is -0.138. The van der Waals surface area contributed by atoms with Crippen molar-refractivity contribution in [2.45, 2.75) is 31.6 Å². The second kappa shape index (κ2) is 4.98. The summed E-state index contributed by atoms with van der Waals surface area (Å²) in [5, 5.41) is 7.95. The summed E-state index contributed by atoms with van der Waals surface area (Å²) in [7, 11) is -3.59. The number of aliphatic carboxylic acids is 1. The summed E-state index contributed by atoms with van der Waals surface area (Å²) in [4.78, 5) is 10.6. The molecule has 0 rings (SSSR count). The van der Waals surface area contributed by atoms with Gasteiger partial charge in [-0.15, -0.1) is 12.3 Å². The zero-order valence-electron chi connectivity index (χ0n) is 8.02. The molecular weight excluding hydrogens is 206 g/mol. The van der Waals surface area contributed by atoms with E-state index in [-0.39, 0.29) is 6.42 Å². The van der Waals surface area contributed by atoms with Crippen LogP contribution in [-0.4, -0.2) is 30.8 Å². The molecule has 0 aromatic heterocycles. The molecule has 0 bridgehead atoms. The standard InChI is InChI=1S/C8H13NO4S/c1-4-5-7(8(10)11)9-14(12,13)6(2)3/h1,6-7,9H,5H2,2-3H3,(H,10,11). The van der Waals surface area contributed by atoms with Crippen molar-refractivity contribution < 1.29 is 18.3 Å². The lowest BCUT2D eigenvalue weighted by Crippen LogP contribution is -2.43. The first-order valence-corrected chi connectivity index (χ1v) is 5.53. The third kappa shape index (κ3) is 3.77. The molecule has 0 saturated carbocycles. The lowest BCUT2D eigenvalue weighted by atomic mass is 10.2. The van der Waals surface area contributed by atoms with Gasteiger partial charge in [-0.05, 0) is 13.8 Å². The first-order chi connectivity index (χ1) is 6.31. The number of rotatable bonds is 5. The Morgan fingerprint density at radius 1 is 1.57 bits per heavy atom. The summed E-state index contributed by atoms with van der Waals surface area (Å²) >= 11 is 0. The predicted molar refractivity (Wildman–Crippen MR) is 52.1 cm³/mol. The number of nitrogens with one attached hydrogen (secondary N) is 1. The van der Waals surface area contributed by atoms with E-state index in [1.165, 1.54) is 13.8 Å².